The summed E-state index contributed by atoms with van der Waals surface area (Å²) in [5.41, 5.74) is 2.94. The molecule has 0 N–H and O–H groups in total. The molecule has 2 aromatic heterocycles. The van der Waals surface area contributed by atoms with Gasteiger partial charge in [0.1, 0.15) is 5.82 Å². The molecule has 146 valence electrons. The third-order valence-corrected chi connectivity index (χ3v) is 4.82. The Kier molecular flexibility index (Phi) is 5.14. The average Bonchev–Trinajstić information content (AvgIpc) is 3.32. The number of hydrogen-bond acceptors (Lipinski definition) is 6. The molecule has 1 aromatic carbocycles. The summed E-state index contributed by atoms with van der Waals surface area (Å²) < 4.78 is 22.1. The number of aromatic nitrogens is 6. The molecule has 0 radical (unpaired) electrons. The van der Waals surface area contributed by atoms with Crippen LogP contribution in [0.15, 0.2) is 24.3 Å². The molecule has 2 heterocycles. The molecular formula is C19H21FN6O2. The van der Waals surface area contributed by atoms with E-state index in [0.717, 1.165) is 49.0 Å². The number of fused-ring (bicyclic) bond motifs is 1. The second-order valence-corrected chi connectivity index (χ2v) is 6.76. The topological polar surface area (TPSA) is 87.7 Å². The van der Waals surface area contributed by atoms with Gasteiger partial charge in [-0.3, -0.25) is 0 Å². The van der Waals surface area contributed by atoms with Gasteiger partial charge in [-0.1, -0.05) is 6.92 Å². The summed E-state index contributed by atoms with van der Waals surface area (Å²) in [5.74, 6) is -0.304. The molecule has 0 bridgehead atoms. The van der Waals surface area contributed by atoms with Gasteiger partial charge in [0.15, 0.2) is 18.1 Å². The molecule has 28 heavy (non-hydrogen) atoms. The molecule has 0 saturated heterocycles. The minimum atomic E-state index is -0.495. The molecule has 0 aliphatic heterocycles. The number of halogens is 1. The molecule has 1 aliphatic carbocycles. The maximum absolute atomic E-state index is 13.3. The number of ether oxygens (including phenoxy) is 1. The summed E-state index contributed by atoms with van der Waals surface area (Å²) in [6, 6.07) is 6.09. The van der Waals surface area contributed by atoms with Gasteiger partial charge in [0.05, 0.1) is 5.69 Å². The number of carbonyl (C=O) groups is 1. The predicted molar refractivity (Wildman–Crippen MR) is 97.4 cm³/mol. The summed E-state index contributed by atoms with van der Waals surface area (Å²) in [4.78, 5) is 12.7. The highest BCUT2D eigenvalue weighted by molar-refractivity contribution is 5.89. The van der Waals surface area contributed by atoms with Crippen LogP contribution in [0.25, 0.3) is 5.69 Å². The van der Waals surface area contributed by atoms with Gasteiger partial charge in [-0.25, -0.2) is 18.5 Å². The minimum absolute atomic E-state index is 0.00991. The molecule has 0 atom stereocenters. The quantitative estimate of drug-likeness (QED) is 0.607. The van der Waals surface area contributed by atoms with Gasteiger partial charge in [-0.05, 0) is 66.8 Å². The Bertz CT molecular complexity index is 979. The number of tetrazole rings is 1. The fraction of sp³-hybridized carbons (Fsp3) is 0.421. The Hall–Kier alpha value is -3.10. The molecule has 0 saturated carbocycles. The van der Waals surface area contributed by atoms with Crippen molar-refractivity contribution in [3.05, 3.63) is 52.9 Å². The van der Waals surface area contributed by atoms with E-state index in [1.54, 1.807) is 21.5 Å². The summed E-state index contributed by atoms with van der Waals surface area (Å²) in [6.45, 7) is 2.67. The number of aryl methyl sites for hydroxylation is 1. The molecule has 8 nitrogen and oxygen atoms in total. The fourth-order valence-electron chi connectivity index (χ4n) is 3.47. The molecule has 0 unspecified atom stereocenters. The van der Waals surface area contributed by atoms with Gasteiger partial charge in [-0.15, -0.1) is 5.10 Å². The largest absolute Gasteiger partial charge is 0.453 e. The van der Waals surface area contributed by atoms with Gasteiger partial charge in [-0.2, -0.15) is 5.10 Å². The van der Waals surface area contributed by atoms with Crippen LogP contribution in [-0.4, -0.2) is 36.0 Å². The van der Waals surface area contributed by atoms with Crippen molar-refractivity contribution in [1.29, 1.82) is 0 Å². The SMILES string of the molecule is CCCn1nnnc1COC(=O)c1nn(-c2ccc(F)cc2)c2c1CCCC2. The first kappa shape index (κ1) is 18.3. The van der Waals surface area contributed by atoms with Crippen molar-refractivity contribution >= 4 is 5.97 Å². The zero-order valence-electron chi connectivity index (χ0n) is 15.6. The number of carbonyl (C=O) groups excluding carboxylic acids is 1. The number of esters is 1. The van der Waals surface area contributed by atoms with Crippen LogP contribution in [0, 0.1) is 5.82 Å². The van der Waals surface area contributed by atoms with Crippen molar-refractivity contribution in [2.45, 2.75) is 52.2 Å². The van der Waals surface area contributed by atoms with Crippen molar-refractivity contribution in [3.63, 3.8) is 0 Å². The predicted octanol–water partition coefficient (Wildman–Crippen LogP) is 2.64. The second kappa shape index (κ2) is 7.87. The highest BCUT2D eigenvalue weighted by Crippen LogP contribution is 2.27. The zero-order valence-corrected chi connectivity index (χ0v) is 15.6. The van der Waals surface area contributed by atoms with Crippen molar-refractivity contribution in [2.24, 2.45) is 0 Å². The van der Waals surface area contributed by atoms with E-state index < -0.39 is 5.97 Å². The maximum atomic E-state index is 13.3. The second-order valence-electron chi connectivity index (χ2n) is 6.76. The summed E-state index contributed by atoms with van der Waals surface area (Å²) >= 11 is 0. The van der Waals surface area contributed by atoms with Crippen LogP contribution in [-0.2, 0) is 30.7 Å². The Morgan fingerprint density at radius 2 is 2.00 bits per heavy atom. The molecule has 0 amide bonds. The third-order valence-electron chi connectivity index (χ3n) is 4.82. The summed E-state index contributed by atoms with van der Waals surface area (Å²) in [6.07, 6.45) is 4.50. The zero-order chi connectivity index (χ0) is 19.5. The first-order chi connectivity index (χ1) is 13.7. The van der Waals surface area contributed by atoms with E-state index in [1.807, 2.05) is 6.92 Å². The van der Waals surface area contributed by atoms with E-state index in [-0.39, 0.29) is 12.4 Å². The molecule has 9 heteroatoms. The van der Waals surface area contributed by atoms with E-state index in [0.29, 0.717) is 18.1 Å². The van der Waals surface area contributed by atoms with Crippen molar-refractivity contribution < 1.29 is 13.9 Å². The maximum Gasteiger partial charge on any atom is 0.359 e. The summed E-state index contributed by atoms with van der Waals surface area (Å²) in [7, 11) is 0. The fourth-order valence-corrected chi connectivity index (χ4v) is 3.47. The normalized spacial score (nSPS) is 13.4. The molecule has 0 fully saturated rings. The molecule has 1 aliphatic rings. The lowest BCUT2D eigenvalue weighted by Gasteiger charge is -2.14. The first-order valence-corrected chi connectivity index (χ1v) is 9.46. The summed E-state index contributed by atoms with van der Waals surface area (Å²) in [5, 5.41) is 15.9. The number of nitrogens with zero attached hydrogens (tertiary/aromatic N) is 6. The van der Waals surface area contributed by atoms with Gasteiger partial charge >= 0.3 is 5.97 Å². The Labute approximate surface area is 161 Å². The van der Waals surface area contributed by atoms with Gasteiger partial charge < -0.3 is 4.74 Å². The molecule has 3 aromatic rings. The van der Waals surface area contributed by atoms with E-state index >= 15 is 0 Å². The van der Waals surface area contributed by atoms with E-state index in [1.165, 1.54) is 12.1 Å². The van der Waals surface area contributed by atoms with Crippen LogP contribution in [0.4, 0.5) is 4.39 Å². The first-order valence-electron chi connectivity index (χ1n) is 9.46. The van der Waals surface area contributed by atoms with Crippen molar-refractivity contribution in [2.75, 3.05) is 0 Å². The highest BCUT2D eigenvalue weighted by atomic mass is 19.1. The Balaban J connectivity index is 1.59. The minimum Gasteiger partial charge on any atom is -0.453 e. The lowest BCUT2D eigenvalue weighted by atomic mass is 9.95. The Morgan fingerprint density at radius 3 is 2.79 bits per heavy atom. The van der Waals surface area contributed by atoms with Crippen LogP contribution in [0.2, 0.25) is 0 Å². The number of rotatable bonds is 6. The van der Waals surface area contributed by atoms with Gasteiger partial charge in [0.2, 0.25) is 0 Å². The van der Waals surface area contributed by atoms with E-state index in [2.05, 4.69) is 20.6 Å². The highest BCUT2D eigenvalue weighted by Gasteiger charge is 2.27. The number of benzene rings is 1. The van der Waals surface area contributed by atoms with Crippen LogP contribution in [0.5, 0.6) is 0 Å². The molecule has 0 spiro atoms. The van der Waals surface area contributed by atoms with Crippen LogP contribution < -0.4 is 0 Å². The third kappa shape index (κ3) is 3.51. The smallest absolute Gasteiger partial charge is 0.359 e. The molecular weight excluding hydrogens is 363 g/mol. The van der Waals surface area contributed by atoms with Gasteiger partial charge in [0.25, 0.3) is 0 Å². The van der Waals surface area contributed by atoms with Crippen LogP contribution in [0.1, 0.15) is 53.8 Å². The lowest BCUT2D eigenvalue weighted by molar-refractivity contribution is 0.0447. The Morgan fingerprint density at radius 1 is 1.21 bits per heavy atom. The lowest BCUT2D eigenvalue weighted by Crippen LogP contribution is -2.13. The van der Waals surface area contributed by atoms with Crippen LogP contribution >= 0.6 is 0 Å². The standard InChI is InChI=1S/C19H21FN6O2/c1-2-11-25-17(21-23-24-25)12-28-19(27)18-15-5-3-4-6-16(15)26(22-18)14-9-7-13(20)8-10-14/h7-10H,2-6,11-12H2,1H3. The average molecular weight is 384 g/mol. The van der Waals surface area contributed by atoms with E-state index in [4.69, 9.17) is 4.74 Å². The van der Waals surface area contributed by atoms with Crippen LogP contribution in [0.3, 0.4) is 0 Å². The van der Waals surface area contributed by atoms with Crippen molar-refractivity contribution in [3.8, 4) is 5.69 Å². The van der Waals surface area contributed by atoms with Crippen molar-refractivity contribution in [1.82, 2.24) is 30.0 Å². The molecule has 4 rings (SSSR count). The van der Waals surface area contributed by atoms with E-state index in [9.17, 15) is 9.18 Å². The van der Waals surface area contributed by atoms with Gasteiger partial charge in [0, 0.05) is 17.8 Å². The number of hydrogen-bond donors (Lipinski definition) is 0. The monoisotopic (exact) mass is 384 g/mol.